The summed E-state index contributed by atoms with van der Waals surface area (Å²) in [7, 11) is 0. The van der Waals surface area contributed by atoms with Crippen molar-refractivity contribution in [3.05, 3.63) is 53.9 Å². The number of pyridine rings is 1. The number of para-hydroxylation sites is 1. The van der Waals surface area contributed by atoms with Crippen molar-refractivity contribution < 1.29 is 19.0 Å². The summed E-state index contributed by atoms with van der Waals surface area (Å²) < 4.78 is 17.3. The molecule has 4 rings (SSSR count). The summed E-state index contributed by atoms with van der Waals surface area (Å²) in [4.78, 5) is 19.0. The van der Waals surface area contributed by atoms with Crippen molar-refractivity contribution in [1.82, 2.24) is 9.88 Å². The molecule has 2 aliphatic heterocycles. The number of piperidine rings is 1. The van der Waals surface area contributed by atoms with E-state index in [1.165, 1.54) is 0 Å². The fraction of sp³-hybridized carbons (Fsp3) is 0.400. The summed E-state index contributed by atoms with van der Waals surface area (Å²) in [5.41, 5.74) is 1.61. The molecule has 1 saturated heterocycles. The maximum Gasteiger partial charge on any atom is 0.257 e. The van der Waals surface area contributed by atoms with E-state index in [0.29, 0.717) is 43.4 Å². The monoisotopic (exact) mass is 354 g/mol. The Balaban J connectivity index is 1.42. The maximum atomic E-state index is 13.0. The van der Waals surface area contributed by atoms with Gasteiger partial charge in [-0.2, -0.15) is 0 Å². The molecule has 1 fully saturated rings. The van der Waals surface area contributed by atoms with E-state index >= 15 is 0 Å². The van der Waals surface area contributed by atoms with Gasteiger partial charge in [0.25, 0.3) is 5.91 Å². The topological polar surface area (TPSA) is 60.9 Å². The van der Waals surface area contributed by atoms with Gasteiger partial charge in [-0.3, -0.25) is 9.78 Å². The van der Waals surface area contributed by atoms with E-state index in [9.17, 15) is 4.79 Å². The molecule has 1 amide bonds. The van der Waals surface area contributed by atoms with Gasteiger partial charge in [0.1, 0.15) is 13.2 Å². The molecule has 3 heterocycles. The van der Waals surface area contributed by atoms with Crippen LogP contribution >= 0.6 is 0 Å². The number of fused-ring (bicyclic) bond motifs is 1. The van der Waals surface area contributed by atoms with Crippen molar-refractivity contribution in [3.63, 3.8) is 0 Å². The Morgan fingerprint density at radius 1 is 1.23 bits per heavy atom. The lowest BCUT2D eigenvalue weighted by molar-refractivity contribution is -0.00697. The zero-order valence-corrected chi connectivity index (χ0v) is 14.6. The molecule has 0 radical (unpaired) electrons. The van der Waals surface area contributed by atoms with Gasteiger partial charge in [-0.25, -0.2) is 0 Å². The van der Waals surface area contributed by atoms with Crippen LogP contribution in [-0.4, -0.2) is 48.2 Å². The van der Waals surface area contributed by atoms with E-state index in [4.69, 9.17) is 14.2 Å². The van der Waals surface area contributed by atoms with Crippen LogP contribution in [-0.2, 0) is 11.3 Å². The summed E-state index contributed by atoms with van der Waals surface area (Å²) in [6, 6.07) is 9.36. The molecule has 6 heteroatoms. The van der Waals surface area contributed by atoms with Crippen molar-refractivity contribution in [1.29, 1.82) is 0 Å². The molecule has 6 nitrogen and oxygen atoms in total. The number of carbonyl (C=O) groups excluding carboxylic acids is 1. The second-order valence-electron chi connectivity index (χ2n) is 6.52. The standard InChI is InChI=1S/C20H22N2O4/c23-20(17-6-1-7-18-19(17)25-11-10-24-18)22-9-3-5-16(13-22)26-14-15-4-2-8-21-12-15/h1-2,4,6-8,12,16H,3,5,9-11,13-14H2/t16-/m0/s1. The molecule has 26 heavy (non-hydrogen) atoms. The Bertz CT molecular complexity index is 766. The van der Waals surface area contributed by atoms with Crippen LogP contribution in [0.15, 0.2) is 42.7 Å². The molecule has 0 spiro atoms. The molecular formula is C20H22N2O4. The first-order chi connectivity index (χ1) is 12.8. The van der Waals surface area contributed by atoms with Gasteiger partial charge in [0.2, 0.25) is 0 Å². The molecule has 136 valence electrons. The fourth-order valence-corrected chi connectivity index (χ4v) is 3.37. The van der Waals surface area contributed by atoms with Crippen molar-refractivity contribution in [2.24, 2.45) is 0 Å². The summed E-state index contributed by atoms with van der Waals surface area (Å²) in [6.07, 6.45) is 5.47. The fourth-order valence-electron chi connectivity index (χ4n) is 3.37. The highest BCUT2D eigenvalue weighted by atomic mass is 16.6. The summed E-state index contributed by atoms with van der Waals surface area (Å²) in [5.74, 6) is 1.17. The number of aromatic nitrogens is 1. The van der Waals surface area contributed by atoms with Crippen molar-refractivity contribution >= 4 is 5.91 Å². The SMILES string of the molecule is O=C(c1cccc2c1OCCO2)N1CCC[C@H](OCc2cccnc2)C1. The molecule has 0 unspecified atom stereocenters. The smallest absolute Gasteiger partial charge is 0.257 e. The minimum Gasteiger partial charge on any atom is -0.486 e. The number of hydrogen-bond acceptors (Lipinski definition) is 5. The van der Waals surface area contributed by atoms with Gasteiger partial charge in [-0.15, -0.1) is 0 Å². The summed E-state index contributed by atoms with van der Waals surface area (Å²) >= 11 is 0. The molecule has 0 aliphatic carbocycles. The Morgan fingerprint density at radius 3 is 3.04 bits per heavy atom. The average Bonchev–Trinajstić information content (AvgIpc) is 2.72. The highest BCUT2D eigenvalue weighted by Gasteiger charge is 2.28. The van der Waals surface area contributed by atoms with Crippen LogP contribution in [0.5, 0.6) is 11.5 Å². The quantitative estimate of drug-likeness (QED) is 0.845. The van der Waals surface area contributed by atoms with E-state index in [1.54, 1.807) is 18.5 Å². The molecular weight excluding hydrogens is 332 g/mol. The molecule has 1 aromatic heterocycles. The number of likely N-dealkylation sites (tertiary alicyclic amines) is 1. The molecule has 1 aromatic carbocycles. The first-order valence-corrected chi connectivity index (χ1v) is 8.99. The van der Waals surface area contributed by atoms with Crippen LogP contribution in [0.4, 0.5) is 0 Å². The Hall–Kier alpha value is -2.60. The van der Waals surface area contributed by atoms with E-state index < -0.39 is 0 Å². The van der Waals surface area contributed by atoms with Crippen LogP contribution in [0.3, 0.4) is 0 Å². The second-order valence-corrected chi connectivity index (χ2v) is 6.52. The van der Waals surface area contributed by atoms with Gasteiger partial charge in [0, 0.05) is 25.5 Å². The molecule has 0 N–H and O–H groups in total. The predicted octanol–water partition coefficient (Wildman–Crippen LogP) is 2.67. The van der Waals surface area contributed by atoms with Gasteiger partial charge in [-0.1, -0.05) is 12.1 Å². The van der Waals surface area contributed by atoms with E-state index in [1.807, 2.05) is 29.2 Å². The number of rotatable bonds is 4. The number of amides is 1. The van der Waals surface area contributed by atoms with Crippen LogP contribution in [0, 0.1) is 0 Å². The number of benzene rings is 1. The number of nitrogens with zero attached hydrogens (tertiary/aromatic N) is 2. The van der Waals surface area contributed by atoms with Gasteiger partial charge in [0.05, 0.1) is 18.3 Å². The van der Waals surface area contributed by atoms with Crippen LogP contribution in [0.2, 0.25) is 0 Å². The van der Waals surface area contributed by atoms with E-state index in [0.717, 1.165) is 24.9 Å². The first kappa shape index (κ1) is 16.8. The molecule has 2 aromatic rings. The molecule has 2 aliphatic rings. The Kier molecular flexibility index (Phi) is 5.02. The highest BCUT2D eigenvalue weighted by Crippen LogP contribution is 2.34. The average molecular weight is 354 g/mol. The lowest BCUT2D eigenvalue weighted by atomic mass is 10.1. The third-order valence-electron chi connectivity index (χ3n) is 4.67. The first-order valence-electron chi connectivity index (χ1n) is 8.99. The lowest BCUT2D eigenvalue weighted by Crippen LogP contribution is -2.43. The van der Waals surface area contributed by atoms with Crippen LogP contribution in [0.25, 0.3) is 0 Å². The Morgan fingerprint density at radius 2 is 2.15 bits per heavy atom. The summed E-state index contributed by atoms with van der Waals surface area (Å²) in [6.45, 7) is 2.81. The van der Waals surface area contributed by atoms with E-state index in [2.05, 4.69) is 4.98 Å². The Labute approximate surface area is 152 Å². The number of carbonyl (C=O) groups is 1. The van der Waals surface area contributed by atoms with Gasteiger partial charge in [0.15, 0.2) is 11.5 Å². The number of ether oxygens (including phenoxy) is 3. The zero-order valence-electron chi connectivity index (χ0n) is 14.6. The van der Waals surface area contributed by atoms with E-state index in [-0.39, 0.29) is 12.0 Å². The zero-order chi connectivity index (χ0) is 17.8. The maximum absolute atomic E-state index is 13.0. The van der Waals surface area contributed by atoms with Crippen LogP contribution < -0.4 is 9.47 Å². The third-order valence-corrected chi connectivity index (χ3v) is 4.67. The normalized spacial score (nSPS) is 19.2. The molecule has 1 atom stereocenters. The van der Waals surface area contributed by atoms with Crippen molar-refractivity contribution in [2.75, 3.05) is 26.3 Å². The minimum absolute atomic E-state index is 0.0259. The third kappa shape index (κ3) is 3.65. The molecule has 0 saturated carbocycles. The summed E-state index contributed by atoms with van der Waals surface area (Å²) in [5, 5.41) is 0. The predicted molar refractivity (Wildman–Crippen MR) is 95.4 cm³/mol. The van der Waals surface area contributed by atoms with Gasteiger partial charge >= 0.3 is 0 Å². The number of hydrogen-bond donors (Lipinski definition) is 0. The van der Waals surface area contributed by atoms with Gasteiger partial charge < -0.3 is 19.1 Å². The second kappa shape index (κ2) is 7.74. The largest absolute Gasteiger partial charge is 0.486 e. The van der Waals surface area contributed by atoms with Crippen LogP contribution in [0.1, 0.15) is 28.8 Å². The lowest BCUT2D eigenvalue weighted by Gasteiger charge is -2.33. The molecule has 0 bridgehead atoms. The highest BCUT2D eigenvalue weighted by molar-refractivity contribution is 5.98. The van der Waals surface area contributed by atoms with Crippen molar-refractivity contribution in [2.45, 2.75) is 25.6 Å². The van der Waals surface area contributed by atoms with Crippen molar-refractivity contribution in [3.8, 4) is 11.5 Å². The van der Waals surface area contributed by atoms with Gasteiger partial charge in [-0.05, 0) is 36.6 Å². The minimum atomic E-state index is -0.0259.